The topological polar surface area (TPSA) is 183 Å². The molecule has 0 aromatic heterocycles. The Hall–Kier alpha value is -2.55. The summed E-state index contributed by atoms with van der Waals surface area (Å²) in [7, 11) is -16.4. The summed E-state index contributed by atoms with van der Waals surface area (Å²) in [5, 5.41) is 9.89. The fourth-order valence-electron chi connectivity index (χ4n) is 3.61. The van der Waals surface area contributed by atoms with Gasteiger partial charge in [0, 0.05) is 26.9 Å². The molecule has 0 saturated carbocycles. The quantitative estimate of drug-likeness (QED) is 0.262. The van der Waals surface area contributed by atoms with Gasteiger partial charge in [0.2, 0.25) is 0 Å². The van der Waals surface area contributed by atoms with E-state index < -0.39 is 55.8 Å². The monoisotopic (exact) mass is 458 g/mol. The summed E-state index contributed by atoms with van der Waals surface area (Å²) in [5.74, 6) is -0.229. The van der Waals surface area contributed by atoms with Crippen molar-refractivity contribution in [2.45, 2.75) is 14.7 Å². The predicted octanol–water partition coefficient (Wildman–Crippen LogP) is 2.03. The van der Waals surface area contributed by atoms with Gasteiger partial charge in [-0.25, -0.2) is 0 Å². The first kappa shape index (κ1) is 19.8. The molecule has 0 aliphatic carbocycles. The van der Waals surface area contributed by atoms with Gasteiger partial charge in [-0.05, 0) is 17.5 Å². The second kappa shape index (κ2) is 5.75. The van der Waals surface area contributed by atoms with Crippen molar-refractivity contribution in [1.82, 2.24) is 0 Å². The molecule has 0 bridgehead atoms. The van der Waals surface area contributed by atoms with Gasteiger partial charge in [-0.15, -0.1) is 0 Å². The summed E-state index contributed by atoms with van der Waals surface area (Å²) < 4.78 is 101. The number of phenols is 1. The second-order valence-electron chi connectivity index (χ2n) is 6.24. The van der Waals surface area contributed by atoms with E-state index in [1.807, 2.05) is 0 Å². The summed E-state index contributed by atoms with van der Waals surface area (Å²) in [6.07, 6.45) is 0. The molecule has 152 valence electrons. The van der Waals surface area contributed by atoms with Crippen LogP contribution in [0.3, 0.4) is 0 Å². The summed E-state index contributed by atoms with van der Waals surface area (Å²) in [5.41, 5.74) is 0. The maximum Gasteiger partial charge on any atom is 0.297 e. The molecule has 10 nitrogen and oxygen atoms in total. The Labute approximate surface area is 163 Å². The van der Waals surface area contributed by atoms with Crippen LogP contribution in [0.4, 0.5) is 0 Å². The average Bonchev–Trinajstić information content (AvgIpc) is 2.57. The summed E-state index contributed by atoms with van der Waals surface area (Å²) in [4.78, 5) is -4.48. The molecule has 0 saturated heterocycles. The summed E-state index contributed by atoms with van der Waals surface area (Å²) >= 11 is 0. The van der Waals surface area contributed by atoms with Crippen LogP contribution in [0.2, 0.25) is 0 Å². The van der Waals surface area contributed by atoms with E-state index in [1.165, 1.54) is 24.3 Å². The summed E-state index contributed by atoms with van der Waals surface area (Å²) in [6, 6.07) is 7.57. The lowest BCUT2D eigenvalue weighted by atomic mass is 9.94. The molecule has 0 aliphatic rings. The van der Waals surface area contributed by atoms with Crippen molar-refractivity contribution < 1.29 is 44.0 Å². The molecule has 0 spiro atoms. The predicted molar refractivity (Wildman–Crippen MR) is 101 cm³/mol. The van der Waals surface area contributed by atoms with Crippen LogP contribution in [0.1, 0.15) is 0 Å². The minimum atomic E-state index is -5.56. The Kier molecular flexibility index (Phi) is 3.91. The molecular formula is C16H10O10S3. The van der Waals surface area contributed by atoms with Crippen LogP contribution in [-0.4, -0.2) is 44.0 Å². The normalized spacial score (nSPS) is 13.6. The van der Waals surface area contributed by atoms with Crippen LogP contribution in [0, 0.1) is 0 Å². The van der Waals surface area contributed by atoms with Crippen LogP contribution in [0.25, 0.3) is 32.3 Å². The molecular weight excluding hydrogens is 448 g/mol. The van der Waals surface area contributed by atoms with Gasteiger partial charge in [-0.2, -0.15) is 25.3 Å². The molecule has 4 aromatic carbocycles. The highest BCUT2D eigenvalue weighted by Crippen LogP contribution is 2.45. The van der Waals surface area contributed by atoms with Crippen molar-refractivity contribution in [2.24, 2.45) is 0 Å². The number of rotatable bonds is 3. The van der Waals surface area contributed by atoms with Crippen LogP contribution in [0.5, 0.6) is 5.75 Å². The minimum absolute atomic E-state index is 0.149. The lowest BCUT2D eigenvalue weighted by Gasteiger charge is -2.18. The van der Waals surface area contributed by atoms with Crippen LogP contribution in [0.15, 0.2) is 51.1 Å². The fourth-order valence-corrected chi connectivity index (χ4v) is 7.19. The molecule has 0 heterocycles. The molecule has 4 aromatic rings. The van der Waals surface area contributed by atoms with E-state index in [0.29, 0.717) is 5.39 Å². The third-order valence-corrected chi connectivity index (χ3v) is 7.63. The van der Waals surface area contributed by atoms with Gasteiger partial charge in [0.25, 0.3) is 30.4 Å². The van der Waals surface area contributed by atoms with Crippen molar-refractivity contribution in [3.8, 4) is 5.75 Å². The van der Waals surface area contributed by atoms with E-state index in [1.54, 1.807) is 0 Å². The van der Waals surface area contributed by atoms with Gasteiger partial charge in [0.15, 0.2) is 0 Å². The van der Waals surface area contributed by atoms with Crippen molar-refractivity contribution in [3.05, 3.63) is 36.4 Å². The largest absolute Gasteiger partial charge is 0.507 e. The number of hydrogen-bond donors (Lipinski definition) is 4. The van der Waals surface area contributed by atoms with Gasteiger partial charge in [-0.1, -0.05) is 24.3 Å². The minimum Gasteiger partial charge on any atom is -0.507 e. The van der Waals surface area contributed by atoms with E-state index in [0.717, 1.165) is 12.1 Å². The lowest BCUT2D eigenvalue weighted by molar-refractivity contribution is 0.458. The van der Waals surface area contributed by atoms with Gasteiger partial charge < -0.3 is 5.11 Å². The fraction of sp³-hybridized carbons (Fsp3) is 0. The standard InChI is InChI=1S/C16H10O10S3/c17-11-6-2-7-1-3-9-13-10(5-4-8(11)12(7)13)15(28(21,22)23)16(29(24,25)26)14(9)27(18,19)20/h1-6,17H,(H,18,19,20)(H,21,22,23)(H,24,25,26). The lowest BCUT2D eigenvalue weighted by Crippen LogP contribution is -2.16. The number of hydrogen-bond acceptors (Lipinski definition) is 7. The third-order valence-electron chi connectivity index (χ3n) is 4.57. The molecule has 4 N–H and O–H groups in total. The van der Waals surface area contributed by atoms with Gasteiger partial charge >= 0.3 is 0 Å². The van der Waals surface area contributed by atoms with E-state index in [-0.39, 0.29) is 21.9 Å². The highest BCUT2D eigenvalue weighted by Gasteiger charge is 2.37. The first-order valence-corrected chi connectivity index (χ1v) is 11.9. The zero-order valence-electron chi connectivity index (χ0n) is 13.9. The Balaban J connectivity index is 2.57. The van der Waals surface area contributed by atoms with Crippen LogP contribution < -0.4 is 0 Å². The van der Waals surface area contributed by atoms with Crippen molar-refractivity contribution >= 4 is 62.7 Å². The molecule has 0 unspecified atom stereocenters. The molecule has 0 amide bonds. The molecule has 29 heavy (non-hydrogen) atoms. The van der Waals surface area contributed by atoms with Crippen LogP contribution in [-0.2, 0) is 30.4 Å². The molecule has 0 fully saturated rings. The molecule has 0 atom stereocenters. The zero-order valence-corrected chi connectivity index (χ0v) is 16.4. The number of aromatic hydroxyl groups is 1. The SMILES string of the molecule is O=S(=O)(O)c1c(S(=O)(=O)O)c2ccc3ccc(O)c4ccc(c1S(=O)(=O)O)c2c34. The Bertz CT molecular complexity index is 1610. The van der Waals surface area contributed by atoms with E-state index in [2.05, 4.69) is 0 Å². The maximum absolute atomic E-state index is 12.0. The average molecular weight is 458 g/mol. The van der Waals surface area contributed by atoms with Crippen molar-refractivity contribution in [3.63, 3.8) is 0 Å². The second-order valence-corrected chi connectivity index (χ2v) is 10.3. The first-order chi connectivity index (χ1) is 13.2. The zero-order chi connectivity index (χ0) is 21.5. The molecule has 0 radical (unpaired) electrons. The highest BCUT2D eigenvalue weighted by atomic mass is 32.2. The smallest absolute Gasteiger partial charge is 0.297 e. The first-order valence-electron chi connectivity index (χ1n) is 7.62. The number of benzene rings is 4. The third kappa shape index (κ3) is 2.82. The molecule has 13 heteroatoms. The van der Waals surface area contributed by atoms with Gasteiger partial charge in [-0.3, -0.25) is 13.7 Å². The highest BCUT2D eigenvalue weighted by molar-refractivity contribution is 7.90. The Morgan fingerprint density at radius 3 is 1.41 bits per heavy atom. The van der Waals surface area contributed by atoms with E-state index in [4.69, 9.17) is 0 Å². The molecule has 4 rings (SSSR count). The van der Waals surface area contributed by atoms with E-state index >= 15 is 0 Å². The van der Waals surface area contributed by atoms with Crippen LogP contribution >= 0.6 is 0 Å². The van der Waals surface area contributed by atoms with Gasteiger partial charge in [0.05, 0.1) is 0 Å². The molecule has 0 aliphatic heterocycles. The Morgan fingerprint density at radius 2 is 0.931 bits per heavy atom. The summed E-state index contributed by atoms with van der Waals surface area (Å²) in [6.45, 7) is 0. The number of phenolic OH excluding ortho intramolecular Hbond substituents is 1. The van der Waals surface area contributed by atoms with Gasteiger partial charge in [0.1, 0.15) is 20.4 Å². The Morgan fingerprint density at radius 1 is 0.517 bits per heavy atom. The maximum atomic E-state index is 12.0. The van der Waals surface area contributed by atoms with E-state index in [9.17, 15) is 44.0 Å². The van der Waals surface area contributed by atoms with Crippen molar-refractivity contribution in [2.75, 3.05) is 0 Å². The van der Waals surface area contributed by atoms with Crippen molar-refractivity contribution in [1.29, 1.82) is 0 Å².